The molecule has 0 bridgehead atoms. The van der Waals surface area contributed by atoms with Gasteiger partial charge < -0.3 is 4.74 Å². The van der Waals surface area contributed by atoms with E-state index >= 15 is 0 Å². The van der Waals surface area contributed by atoms with Gasteiger partial charge >= 0.3 is 0 Å². The molecule has 0 atom stereocenters. The lowest BCUT2D eigenvalue weighted by molar-refractivity contribution is 0.0796. The van der Waals surface area contributed by atoms with Crippen LogP contribution < -0.4 is 4.74 Å². The van der Waals surface area contributed by atoms with Crippen LogP contribution in [-0.2, 0) is 0 Å². The Kier molecular flexibility index (Phi) is 4.16. The fourth-order valence-electron chi connectivity index (χ4n) is 0.672. The van der Waals surface area contributed by atoms with E-state index in [1.54, 1.807) is 0 Å². The number of hydrogen-bond donors (Lipinski definition) is 0. The van der Waals surface area contributed by atoms with Crippen LogP contribution in [-0.4, -0.2) is 18.0 Å². The van der Waals surface area contributed by atoms with E-state index in [-0.39, 0.29) is 21.1 Å². The van der Waals surface area contributed by atoms with E-state index in [0.717, 1.165) is 0 Å². The smallest absolute Gasteiger partial charge is 0.272 e. The van der Waals surface area contributed by atoms with Gasteiger partial charge in [-0.3, -0.25) is 0 Å². The molecule has 1 aromatic rings. The summed E-state index contributed by atoms with van der Waals surface area (Å²) in [6.07, 6.45) is -2.60. The number of nitrogens with zero attached hydrogens (tertiary/aromatic N) is 1. The van der Waals surface area contributed by atoms with Gasteiger partial charge in [0.05, 0.1) is 5.02 Å². The van der Waals surface area contributed by atoms with Crippen molar-refractivity contribution in [1.82, 2.24) is 4.98 Å². The Morgan fingerprint density at radius 3 is 2.50 bits per heavy atom. The lowest BCUT2D eigenvalue weighted by Crippen LogP contribution is -2.08. The molecule has 0 aliphatic heterocycles. The highest BCUT2D eigenvalue weighted by Gasteiger charge is 2.11. The van der Waals surface area contributed by atoms with E-state index < -0.39 is 13.0 Å². The average molecular weight is 262 g/mol. The summed E-state index contributed by atoms with van der Waals surface area (Å²) in [6, 6.07) is 1.28. The van der Waals surface area contributed by atoms with E-state index in [4.69, 9.17) is 34.8 Å². The zero-order chi connectivity index (χ0) is 10.7. The molecule has 78 valence electrons. The fraction of sp³-hybridized carbons (Fsp3) is 0.286. The Balaban J connectivity index is 2.82. The minimum absolute atomic E-state index is 0.0414. The zero-order valence-electron chi connectivity index (χ0n) is 6.61. The summed E-state index contributed by atoms with van der Waals surface area (Å²) in [5.74, 6) is -0.152. The van der Waals surface area contributed by atoms with Gasteiger partial charge in [-0.15, -0.1) is 0 Å². The molecule has 7 heteroatoms. The van der Waals surface area contributed by atoms with Crippen LogP contribution in [0, 0.1) is 0 Å². The van der Waals surface area contributed by atoms with Gasteiger partial charge in [0.25, 0.3) is 6.43 Å². The average Bonchev–Trinajstić information content (AvgIpc) is 2.09. The summed E-state index contributed by atoms with van der Waals surface area (Å²) in [5.41, 5.74) is 0. The van der Waals surface area contributed by atoms with Crippen LogP contribution in [0.3, 0.4) is 0 Å². The van der Waals surface area contributed by atoms with Gasteiger partial charge in [-0.2, -0.15) is 4.98 Å². The van der Waals surface area contributed by atoms with Gasteiger partial charge in [-0.25, -0.2) is 8.78 Å². The highest BCUT2D eigenvalue weighted by atomic mass is 35.5. The third-order valence-corrected chi connectivity index (χ3v) is 2.14. The molecule has 0 radical (unpaired) electrons. The van der Waals surface area contributed by atoms with Crippen molar-refractivity contribution in [2.75, 3.05) is 6.61 Å². The maximum atomic E-state index is 11.8. The molecule has 0 amide bonds. The van der Waals surface area contributed by atoms with Crippen molar-refractivity contribution in [3.8, 4) is 5.88 Å². The second-order valence-electron chi connectivity index (χ2n) is 2.25. The molecule has 1 rings (SSSR count). The normalized spacial score (nSPS) is 10.7. The van der Waals surface area contributed by atoms with Gasteiger partial charge in [-0.1, -0.05) is 34.8 Å². The van der Waals surface area contributed by atoms with Crippen molar-refractivity contribution in [2.45, 2.75) is 6.43 Å². The summed E-state index contributed by atoms with van der Waals surface area (Å²) in [5, 5.41) is 0.140. The first-order valence-corrected chi connectivity index (χ1v) is 4.56. The van der Waals surface area contributed by atoms with Crippen LogP contribution in [0.5, 0.6) is 5.88 Å². The van der Waals surface area contributed by atoms with E-state index in [1.165, 1.54) is 6.07 Å². The number of pyridine rings is 1. The lowest BCUT2D eigenvalue weighted by Gasteiger charge is -2.06. The van der Waals surface area contributed by atoms with Crippen molar-refractivity contribution in [1.29, 1.82) is 0 Å². The molecule has 0 fully saturated rings. The van der Waals surface area contributed by atoms with Gasteiger partial charge in [0.15, 0.2) is 11.8 Å². The van der Waals surface area contributed by atoms with Crippen LogP contribution in [0.25, 0.3) is 0 Å². The topological polar surface area (TPSA) is 22.1 Å². The number of ether oxygens (including phenoxy) is 1. The summed E-state index contributed by atoms with van der Waals surface area (Å²) < 4.78 is 28.2. The molecule has 0 spiro atoms. The number of hydrogen-bond acceptors (Lipinski definition) is 2. The number of alkyl halides is 2. The van der Waals surface area contributed by atoms with Crippen LogP contribution in [0.4, 0.5) is 8.78 Å². The summed E-state index contributed by atoms with van der Waals surface area (Å²) in [7, 11) is 0. The third-order valence-electron chi connectivity index (χ3n) is 1.20. The molecule has 0 N–H and O–H groups in total. The van der Waals surface area contributed by atoms with E-state index in [2.05, 4.69) is 9.72 Å². The monoisotopic (exact) mass is 261 g/mol. The first-order valence-electron chi connectivity index (χ1n) is 3.43. The van der Waals surface area contributed by atoms with Gasteiger partial charge in [0.1, 0.15) is 5.02 Å². The molecule has 0 unspecified atom stereocenters. The Labute approximate surface area is 93.7 Å². The molecule has 0 aromatic carbocycles. The van der Waals surface area contributed by atoms with Crippen LogP contribution in [0.15, 0.2) is 6.07 Å². The van der Waals surface area contributed by atoms with Crippen LogP contribution in [0.1, 0.15) is 0 Å². The molecule has 0 saturated carbocycles. The number of halogens is 5. The zero-order valence-corrected chi connectivity index (χ0v) is 8.87. The van der Waals surface area contributed by atoms with Gasteiger partial charge in [0, 0.05) is 0 Å². The Morgan fingerprint density at radius 2 is 1.93 bits per heavy atom. The number of rotatable bonds is 3. The summed E-state index contributed by atoms with van der Waals surface area (Å²) in [4.78, 5) is 3.59. The quantitative estimate of drug-likeness (QED) is 0.775. The third kappa shape index (κ3) is 3.12. The molecule has 14 heavy (non-hydrogen) atoms. The molecule has 2 nitrogen and oxygen atoms in total. The largest absolute Gasteiger partial charge is 0.470 e. The predicted octanol–water partition coefficient (Wildman–Crippen LogP) is 3.69. The minimum atomic E-state index is -2.60. The fourth-order valence-corrected chi connectivity index (χ4v) is 1.22. The van der Waals surface area contributed by atoms with Crippen molar-refractivity contribution < 1.29 is 13.5 Å². The summed E-state index contributed by atoms with van der Waals surface area (Å²) >= 11 is 16.7. The molecule has 0 aliphatic rings. The first-order chi connectivity index (χ1) is 6.50. The Hall–Kier alpha value is -0.320. The SMILES string of the molecule is FC(F)COc1nc(Cl)c(Cl)cc1Cl. The van der Waals surface area contributed by atoms with Gasteiger partial charge in [-0.05, 0) is 6.07 Å². The molecule has 0 aliphatic carbocycles. The van der Waals surface area contributed by atoms with Crippen LogP contribution in [0.2, 0.25) is 15.2 Å². The summed E-state index contributed by atoms with van der Waals surface area (Å²) in [6.45, 7) is -0.787. The van der Waals surface area contributed by atoms with Crippen LogP contribution >= 0.6 is 34.8 Å². The molecular weight excluding hydrogens is 258 g/mol. The van der Waals surface area contributed by atoms with E-state index in [1.807, 2.05) is 0 Å². The predicted molar refractivity (Wildman–Crippen MR) is 50.8 cm³/mol. The standard InChI is InChI=1S/C7H4Cl3F2NO/c8-3-1-4(9)7(13-6(3)10)14-2-5(11)12/h1,5H,2H2. The lowest BCUT2D eigenvalue weighted by atomic mass is 10.5. The van der Waals surface area contributed by atoms with Crippen molar-refractivity contribution in [3.63, 3.8) is 0 Å². The molecular formula is C7H4Cl3F2NO. The van der Waals surface area contributed by atoms with Crippen molar-refractivity contribution in [2.24, 2.45) is 0 Å². The minimum Gasteiger partial charge on any atom is -0.470 e. The van der Waals surface area contributed by atoms with E-state index in [9.17, 15) is 8.78 Å². The maximum Gasteiger partial charge on any atom is 0.272 e. The number of aromatic nitrogens is 1. The maximum absolute atomic E-state index is 11.8. The molecule has 0 saturated heterocycles. The first kappa shape index (κ1) is 11.8. The highest BCUT2D eigenvalue weighted by Crippen LogP contribution is 2.30. The molecule has 1 heterocycles. The Morgan fingerprint density at radius 1 is 1.29 bits per heavy atom. The van der Waals surface area contributed by atoms with Gasteiger partial charge in [0.2, 0.25) is 5.88 Å². The Bertz CT molecular complexity index is 335. The van der Waals surface area contributed by atoms with Crippen molar-refractivity contribution in [3.05, 3.63) is 21.3 Å². The molecule has 1 aromatic heterocycles. The van der Waals surface area contributed by atoms with Crippen molar-refractivity contribution >= 4 is 34.8 Å². The second-order valence-corrected chi connectivity index (χ2v) is 3.42. The highest BCUT2D eigenvalue weighted by molar-refractivity contribution is 6.42. The second kappa shape index (κ2) is 4.96. The van der Waals surface area contributed by atoms with E-state index in [0.29, 0.717) is 0 Å².